The van der Waals surface area contributed by atoms with E-state index in [0.717, 1.165) is 38.3 Å². The molecular formula is C23H24F3NO. The van der Waals surface area contributed by atoms with E-state index < -0.39 is 11.7 Å². The number of carbonyl (C=O) groups is 1. The summed E-state index contributed by atoms with van der Waals surface area (Å²) in [5, 5.41) is 0. The van der Waals surface area contributed by atoms with E-state index in [9.17, 15) is 18.0 Å². The number of nitrogens with zero attached hydrogens (tertiary/aromatic N) is 1. The van der Waals surface area contributed by atoms with E-state index in [1.54, 1.807) is 6.07 Å². The summed E-state index contributed by atoms with van der Waals surface area (Å²) in [7, 11) is 0. The van der Waals surface area contributed by atoms with Crippen LogP contribution >= 0.6 is 0 Å². The van der Waals surface area contributed by atoms with Gasteiger partial charge >= 0.3 is 6.18 Å². The van der Waals surface area contributed by atoms with Gasteiger partial charge in [-0.3, -0.25) is 9.69 Å². The van der Waals surface area contributed by atoms with Crippen molar-refractivity contribution in [3.8, 4) is 0 Å². The Balaban J connectivity index is 1.51. The summed E-state index contributed by atoms with van der Waals surface area (Å²) < 4.78 is 39.6. The van der Waals surface area contributed by atoms with E-state index in [1.807, 2.05) is 18.2 Å². The summed E-state index contributed by atoms with van der Waals surface area (Å²) in [6.07, 6.45) is -0.847. The molecule has 28 heavy (non-hydrogen) atoms. The zero-order valence-electron chi connectivity index (χ0n) is 15.9. The second-order valence-corrected chi connectivity index (χ2v) is 8.05. The molecule has 2 aromatic carbocycles. The van der Waals surface area contributed by atoms with E-state index >= 15 is 0 Å². The van der Waals surface area contributed by atoms with Gasteiger partial charge in [0.2, 0.25) is 0 Å². The Morgan fingerprint density at radius 3 is 2.25 bits per heavy atom. The minimum absolute atomic E-state index is 0.0547. The summed E-state index contributed by atoms with van der Waals surface area (Å²) in [4.78, 5) is 15.6. The summed E-state index contributed by atoms with van der Waals surface area (Å²) in [6, 6.07) is 14.9. The summed E-state index contributed by atoms with van der Waals surface area (Å²) in [6.45, 7) is 2.29. The van der Waals surface area contributed by atoms with Crippen LogP contribution < -0.4 is 0 Å². The van der Waals surface area contributed by atoms with Gasteiger partial charge in [-0.15, -0.1) is 0 Å². The van der Waals surface area contributed by atoms with Gasteiger partial charge in [0, 0.05) is 30.1 Å². The van der Waals surface area contributed by atoms with Crippen LogP contribution in [0.4, 0.5) is 13.2 Å². The van der Waals surface area contributed by atoms with Gasteiger partial charge in [-0.1, -0.05) is 42.5 Å². The Kier molecular flexibility index (Phi) is 5.04. The predicted molar refractivity (Wildman–Crippen MR) is 102 cm³/mol. The molecule has 2 aliphatic rings. The molecule has 148 valence electrons. The second kappa shape index (κ2) is 7.36. The number of benzene rings is 2. The topological polar surface area (TPSA) is 20.3 Å². The lowest BCUT2D eigenvalue weighted by atomic mass is 9.83. The zero-order chi connectivity index (χ0) is 19.9. The van der Waals surface area contributed by atoms with Gasteiger partial charge in [-0.05, 0) is 49.8 Å². The van der Waals surface area contributed by atoms with Crippen molar-refractivity contribution in [2.75, 3.05) is 0 Å². The molecule has 0 N–H and O–H groups in total. The van der Waals surface area contributed by atoms with Crippen LogP contribution in [0.3, 0.4) is 0 Å². The Hall–Kier alpha value is -2.14. The van der Waals surface area contributed by atoms with E-state index in [-0.39, 0.29) is 22.8 Å². The molecule has 2 aromatic rings. The molecule has 0 radical (unpaired) electrons. The average molecular weight is 387 g/mol. The first kappa shape index (κ1) is 19.2. The van der Waals surface area contributed by atoms with E-state index in [2.05, 4.69) is 17.0 Å². The maximum Gasteiger partial charge on any atom is 0.416 e. The zero-order valence-corrected chi connectivity index (χ0v) is 15.9. The first-order valence-electron chi connectivity index (χ1n) is 9.85. The van der Waals surface area contributed by atoms with Gasteiger partial charge in [-0.2, -0.15) is 13.2 Å². The van der Waals surface area contributed by atoms with Crippen molar-refractivity contribution in [1.82, 2.24) is 4.90 Å². The second-order valence-electron chi connectivity index (χ2n) is 8.05. The van der Waals surface area contributed by atoms with Crippen LogP contribution in [0, 0.1) is 12.8 Å². The van der Waals surface area contributed by atoms with Crippen molar-refractivity contribution in [3.63, 3.8) is 0 Å². The molecule has 4 rings (SSSR count). The highest BCUT2D eigenvalue weighted by Crippen LogP contribution is 2.41. The molecule has 2 nitrogen and oxygen atoms in total. The maximum absolute atomic E-state index is 13.2. The van der Waals surface area contributed by atoms with Crippen molar-refractivity contribution >= 4 is 5.78 Å². The largest absolute Gasteiger partial charge is 0.416 e. The Labute approximate surface area is 163 Å². The molecule has 2 heterocycles. The van der Waals surface area contributed by atoms with Crippen LogP contribution in [0.15, 0.2) is 48.5 Å². The number of Topliss-reactive ketones (excluding diaryl/α,β-unsaturated/α-hetero) is 1. The molecule has 2 atom stereocenters. The SMILES string of the molecule is Cc1c(C(=O)C2CC3CCC(C2)N3Cc2ccccc2)cccc1C(F)(F)F. The molecule has 0 spiro atoms. The predicted octanol–water partition coefficient (Wildman–Crippen LogP) is 5.64. The monoisotopic (exact) mass is 387 g/mol. The minimum atomic E-state index is -4.43. The molecule has 0 amide bonds. The molecule has 2 saturated heterocycles. The highest BCUT2D eigenvalue weighted by atomic mass is 19.4. The number of piperidine rings is 1. The number of hydrogen-bond acceptors (Lipinski definition) is 2. The van der Waals surface area contributed by atoms with Crippen molar-refractivity contribution in [2.24, 2.45) is 5.92 Å². The van der Waals surface area contributed by atoms with Gasteiger partial charge in [0.05, 0.1) is 5.56 Å². The summed E-state index contributed by atoms with van der Waals surface area (Å²) in [5.41, 5.74) is 0.843. The lowest BCUT2D eigenvalue weighted by Gasteiger charge is -2.38. The van der Waals surface area contributed by atoms with E-state index in [4.69, 9.17) is 0 Å². The Bertz CT molecular complexity index is 848. The smallest absolute Gasteiger partial charge is 0.294 e. The fraction of sp³-hybridized carbons (Fsp3) is 0.435. The van der Waals surface area contributed by atoms with Crippen molar-refractivity contribution in [1.29, 1.82) is 0 Å². The molecule has 2 unspecified atom stereocenters. The van der Waals surface area contributed by atoms with Crippen LogP contribution in [0.1, 0.15) is 52.7 Å². The highest BCUT2D eigenvalue weighted by molar-refractivity contribution is 5.99. The normalized spacial score (nSPS) is 25.1. The average Bonchev–Trinajstić information content (AvgIpc) is 2.89. The van der Waals surface area contributed by atoms with Crippen LogP contribution in [0.2, 0.25) is 0 Å². The van der Waals surface area contributed by atoms with E-state index in [0.29, 0.717) is 12.1 Å². The molecule has 2 bridgehead atoms. The van der Waals surface area contributed by atoms with Gasteiger partial charge in [0.15, 0.2) is 5.78 Å². The third-order valence-corrected chi connectivity index (χ3v) is 6.37. The molecule has 2 fully saturated rings. The molecule has 5 heteroatoms. The molecule has 2 aliphatic heterocycles. The van der Waals surface area contributed by atoms with Gasteiger partial charge in [0.1, 0.15) is 0 Å². The maximum atomic E-state index is 13.2. The van der Waals surface area contributed by atoms with Gasteiger partial charge in [0.25, 0.3) is 0 Å². The highest BCUT2D eigenvalue weighted by Gasteiger charge is 2.43. The third-order valence-electron chi connectivity index (χ3n) is 6.37. The van der Waals surface area contributed by atoms with Crippen LogP contribution in [0.5, 0.6) is 0 Å². The van der Waals surface area contributed by atoms with E-state index in [1.165, 1.54) is 18.6 Å². The Morgan fingerprint density at radius 2 is 1.64 bits per heavy atom. The number of alkyl halides is 3. The summed E-state index contributed by atoms with van der Waals surface area (Å²) >= 11 is 0. The number of rotatable bonds is 4. The standard InChI is InChI=1S/C23H24F3NO/c1-15-20(8-5-9-21(15)23(24,25)26)22(28)17-12-18-10-11-19(13-17)27(18)14-16-6-3-2-4-7-16/h2-9,17-19H,10-14H2,1H3. The van der Waals surface area contributed by atoms with Crippen molar-refractivity contribution < 1.29 is 18.0 Å². The molecular weight excluding hydrogens is 363 g/mol. The van der Waals surface area contributed by atoms with Gasteiger partial charge in [-0.25, -0.2) is 0 Å². The number of ketones is 1. The van der Waals surface area contributed by atoms with Crippen LogP contribution in [-0.4, -0.2) is 22.8 Å². The summed E-state index contributed by atoms with van der Waals surface area (Å²) in [5.74, 6) is -0.313. The third kappa shape index (κ3) is 3.60. The van der Waals surface area contributed by atoms with Crippen molar-refractivity contribution in [2.45, 2.75) is 57.4 Å². The molecule has 0 aromatic heterocycles. The first-order chi connectivity index (χ1) is 13.3. The fourth-order valence-electron chi connectivity index (χ4n) is 4.97. The minimum Gasteiger partial charge on any atom is -0.294 e. The lowest BCUT2D eigenvalue weighted by molar-refractivity contribution is -0.138. The van der Waals surface area contributed by atoms with Crippen LogP contribution in [0.25, 0.3) is 0 Å². The number of carbonyl (C=O) groups excluding carboxylic acids is 1. The van der Waals surface area contributed by atoms with Gasteiger partial charge < -0.3 is 0 Å². The van der Waals surface area contributed by atoms with Crippen molar-refractivity contribution in [3.05, 3.63) is 70.8 Å². The quantitative estimate of drug-likeness (QED) is 0.633. The fourth-order valence-corrected chi connectivity index (χ4v) is 4.97. The molecule has 0 saturated carbocycles. The lowest BCUT2D eigenvalue weighted by Crippen LogP contribution is -2.44. The molecule has 0 aliphatic carbocycles. The van der Waals surface area contributed by atoms with Crippen LogP contribution in [-0.2, 0) is 12.7 Å². The first-order valence-corrected chi connectivity index (χ1v) is 9.85. The Morgan fingerprint density at radius 1 is 1.00 bits per heavy atom. The number of fused-ring (bicyclic) bond motifs is 2. The number of halogens is 3. The number of hydrogen-bond donors (Lipinski definition) is 0.